The quantitative estimate of drug-likeness (QED) is 0.833. The summed E-state index contributed by atoms with van der Waals surface area (Å²) in [6.45, 7) is 1.05. The van der Waals surface area contributed by atoms with E-state index in [0.29, 0.717) is 24.7 Å². The monoisotopic (exact) mass is 277 g/mol. The van der Waals surface area contributed by atoms with Gasteiger partial charge in [0.2, 0.25) is 5.91 Å². The van der Waals surface area contributed by atoms with Crippen molar-refractivity contribution in [2.45, 2.75) is 12.3 Å². The van der Waals surface area contributed by atoms with Gasteiger partial charge >= 0.3 is 5.97 Å². The number of fused-ring (bicyclic) bond motifs is 1. The molecule has 2 unspecified atom stereocenters. The molecule has 0 spiro atoms. The average Bonchev–Trinajstić information content (AvgIpc) is 2.46. The second kappa shape index (κ2) is 5.03. The molecular weight excluding hydrogens is 262 g/mol. The molecule has 1 amide bonds. The van der Waals surface area contributed by atoms with E-state index in [0.717, 1.165) is 5.56 Å². The van der Waals surface area contributed by atoms with Crippen molar-refractivity contribution in [1.29, 1.82) is 0 Å². The fraction of sp³-hybridized carbons (Fsp3) is 0.429. The Labute approximate surface area is 115 Å². The van der Waals surface area contributed by atoms with Gasteiger partial charge in [-0.05, 0) is 6.07 Å². The largest absolute Gasteiger partial charge is 0.486 e. The zero-order valence-corrected chi connectivity index (χ0v) is 10.8. The van der Waals surface area contributed by atoms with Crippen LogP contribution in [0.1, 0.15) is 17.9 Å². The van der Waals surface area contributed by atoms with Gasteiger partial charge < -0.3 is 19.9 Å². The van der Waals surface area contributed by atoms with Gasteiger partial charge in [-0.2, -0.15) is 0 Å². The van der Waals surface area contributed by atoms with Crippen molar-refractivity contribution in [1.82, 2.24) is 5.32 Å². The van der Waals surface area contributed by atoms with Crippen molar-refractivity contribution in [3.05, 3.63) is 23.8 Å². The van der Waals surface area contributed by atoms with E-state index in [9.17, 15) is 14.7 Å². The molecule has 1 fully saturated rings. The summed E-state index contributed by atoms with van der Waals surface area (Å²) in [5, 5.41) is 11.9. The number of carbonyl (C=O) groups excluding carboxylic acids is 1. The maximum atomic E-state index is 11.6. The van der Waals surface area contributed by atoms with Gasteiger partial charge in [-0.1, -0.05) is 12.1 Å². The smallest absolute Gasteiger partial charge is 0.308 e. The van der Waals surface area contributed by atoms with E-state index in [1.54, 1.807) is 12.1 Å². The van der Waals surface area contributed by atoms with Gasteiger partial charge in [-0.3, -0.25) is 9.59 Å². The van der Waals surface area contributed by atoms with E-state index >= 15 is 0 Å². The summed E-state index contributed by atoms with van der Waals surface area (Å²) in [7, 11) is 0. The molecule has 106 valence electrons. The number of carbonyl (C=O) groups is 2. The van der Waals surface area contributed by atoms with Gasteiger partial charge in [0.15, 0.2) is 11.5 Å². The van der Waals surface area contributed by atoms with Crippen LogP contribution in [0.25, 0.3) is 0 Å². The van der Waals surface area contributed by atoms with Crippen molar-refractivity contribution in [3.8, 4) is 11.5 Å². The van der Waals surface area contributed by atoms with E-state index < -0.39 is 17.8 Å². The van der Waals surface area contributed by atoms with Crippen LogP contribution in [-0.4, -0.2) is 36.7 Å². The molecule has 0 saturated carbocycles. The lowest BCUT2D eigenvalue weighted by atomic mass is 9.80. The number of carboxylic acid groups (broad SMARTS) is 1. The highest BCUT2D eigenvalue weighted by molar-refractivity contribution is 5.82. The maximum absolute atomic E-state index is 11.6. The number of para-hydroxylation sites is 1. The minimum atomic E-state index is -0.913. The Morgan fingerprint density at radius 1 is 1.30 bits per heavy atom. The first kappa shape index (κ1) is 12.8. The van der Waals surface area contributed by atoms with E-state index in [-0.39, 0.29) is 18.9 Å². The van der Waals surface area contributed by atoms with Gasteiger partial charge in [0, 0.05) is 24.4 Å². The molecular formula is C14H15NO5. The molecule has 3 rings (SSSR count). The second-order valence-corrected chi connectivity index (χ2v) is 4.93. The normalized spacial score (nSPS) is 24.9. The number of hydrogen-bond donors (Lipinski definition) is 2. The first-order valence-electron chi connectivity index (χ1n) is 6.55. The third-order valence-electron chi connectivity index (χ3n) is 3.72. The summed E-state index contributed by atoms with van der Waals surface area (Å²) in [4.78, 5) is 23.0. The minimum absolute atomic E-state index is 0.137. The fourth-order valence-electron chi connectivity index (χ4n) is 2.75. The lowest BCUT2D eigenvalue weighted by Gasteiger charge is -2.31. The molecule has 20 heavy (non-hydrogen) atoms. The summed E-state index contributed by atoms with van der Waals surface area (Å²) < 4.78 is 11.1. The molecule has 0 radical (unpaired) electrons. The highest BCUT2D eigenvalue weighted by Crippen LogP contribution is 2.42. The molecule has 6 nitrogen and oxygen atoms in total. The van der Waals surface area contributed by atoms with Crippen LogP contribution in [0, 0.1) is 5.92 Å². The lowest BCUT2D eigenvalue weighted by Crippen LogP contribution is -2.43. The first-order chi connectivity index (χ1) is 9.66. The predicted octanol–water partition coefficient (Wildman–Crippen LogP) is 0.762. The van der Waals surface area contributed by atoms with Crippen molar-refractivity contribution in [2.24, 2.45) is 5.92 Å². The summed E-state index contributed by atoms with van der Waals surface area (Å²) in [6, 6.07) is 5.40. The van der Waals surface area contributed by atoms with Gasteiger partial charge in [-0.25, -0.2) is 0 Å². The van der Waals surface area contributed by atoms with Crippen LogP contribution in [0.15, 0.2) is 18.2 Å². The van der Waals surface area contributed by atoms with E-state index in [2.05, 4.69) is 5.32 Å². The van der Waals surface area contributed by atoms with Gasteiger partial charge in [0.05, 0.1) is 5.92 Å². The van der Waals surface area contributed by atoms with Gasteiger partial charge in [0.1, 0.15) is 13.2 Å². The summed E-state index contributed by atoms with van der Waals surface area (Å²) in [5.41, 5.74) is 0.740. The number of ether oxygens (including phenoxy) is 2. The SMILES string of the molecule is O=C1CC(c2cccc3c2OCCO3)C(C(=O)O)CN1. The van der Waals surface area contributed by atoms with Crippen LogP contribution >= 0.6 is 0 Å². The van der Waals surface area contributed by atoms with Crippen LogP contribution in [-0.2, 0) is 9.59 Å². The molecule has 1 saturated heterocycles. The number of piperidine rings is 1. The third kappa shape index (κ3) is 2.17. The third-order valence-corrected chi connectivity index (χ3v) is 3.72. The molecule has 0 aromatic heterocycles. The second-order valence-electron chi connectivity index (χ2n) is 4.93. The molecule has 2 aliphatic rings. The average molecular weight is 277 g/mol. The minimum Gasteiger partial charge on any atom is -0.486 e. The number of amides is 1. The van der Waals surface area contributed by atoms with Crippen LogP contribution in [0.4, 0.5) is 0 Å². The molecule has 0 aliphatic carbocycles. The highest BCUT2D eigenvalue weighted by atomic mass is 16.6. The van der Waals surface area contributed by atoms with Crippen LogP contribution in [0.2, 0.25) is 0 Å². The van der Waals surface area contributed by atoms with Crippen LogP contribution in [0.5, 0.6) is 11.5 Å². The summed E-state index contributed by atoms with van der Waals surface area (Å²) in [6.07, 6.45) is 0.150. The van der Waals surface area contributed by atoms with Crippen LogP contribution < -0.4 is 14.8 Å². The molecule has 2 atom stereocenters. The van der Waals surface area contributed by atoms with Crippen molar-refractivity contribution < 1.29 is 24.2 Å². The van der Waals surface area contributed by atoms with E-state index in [4.69, 9.17) is 9.47 Å². The van der Waals surface area contributed by atoms with E-state index in [1.165, 1.54) is 0 Å². The lowest BCUT2D eigenvalue weighted by molar-refractivity contribution is -0.144. The predicted molar refractivity (Wildman–Crippen MR) is 68.9 cm³/mol. The Balaban J connectivity index is 2.01. The van der Waals surface area contributed by atoms with Crippen molar-refractivity contribution in [2.75, 3.05) is 19.8 Å². The maximum Gasteiger partial charge on any atom is 0.308 e. The number of hydrogen-bond acceptors (Lipinski definition) is 4. The first-order valence-corrected chi connectivity index (χ1v) is 6.55. The van der Waals surface area contributed by atoms with Crippen molar-refractivity contribution >= 4 is 11.9 Å². The zero-order valence-electron chi connectivity index (χ0n) is 10.8. The number of nitrogens with one attached hydrogen (secondary N) is 1. The Morgan fingerprint density at radius 2 is 2.10 bits per heavy atom. The van der Waals surface area contributed by atoms with Gasteiger partial charge in [0.25, 0.3) is 0 Å². The Kier molecular flexibility index (Phi) is 3.22. The Bertz CT molecular complexity index is 556. The molecule has 1 aromatic carbocycles. The van der Waals surface area contributed by atoms with Crippen LogP contribution in [0.3, 0.4) is 0 Å². The fourth-order valence-corrected chi connectivity index (χ4v) is 2.75. The van der Waals surface area contributed by atoms with E-state index in [1.807, 2.05) is 6.07 Å². The number of aliphatic carboxylic acids is 1. The number of benzene rings is 1. The summed E-state index contributed by atoms with van der Waals surface area (Å²) in [5.74, 6) is -0.901. The molecule has 2 N–H and O–H groups in total. The molecule has 0 bridgehead atoms. The standard InChI is InChI=1S/C14H15NO5/c16-12-6-9(10(7-15-12)14(17)18)8-2-1-3-11-13(8)20-5-4-19-11/h1-3,9-10H,4-7H2,(H,15,16)(H,17,18). The summed E-state index contributed by atoms with van der Waals surface area (Å²) >= 11 is 0. The molecule has 6 heteroatoms. The molecule has 1 aromatic rings. The highest BCUT2D eigenvalue weighted by Gasteiger charge is 2.37. The van der Waals surface area contributed by atoms with Crippen molar-refractivity contribution in [3.63, 3.8) is 0 Å². The number of rotatable bonds is 2. The topological polar surface area (TPSA) is 84.9 Å². The number of carboxylic acids is 1. The van der Waals surface area contributed by atoms with Gasteiger partial charge in [-0.15, -0.1) is 0 Å². The zero-order chi connectivity index (χ0) is 14.1. The molecule has 2 aliphatic heterocycles. The Hall–Kier alpha value is -2.24. The molecule has 2 heterocycles. The Morgan fingerprint density at radius 3 is 2.90 bits per heavy atom.